The van der Waals surface area contributed by atoms with E-state index in [1.54, 1.807) is 13.8 Å². The molecule has 0 aliphatic rings. The number of hydrogen-bond donors (Lipinski definition) is 3. The first-order valence-electron chi connectivity index (χ1n) is 5.19. The number of nitrogens with zero attached hydrogens (tertiary/aromatic N) is 1. The Kier molecular flexibility index (Phi) is 4.45. The zero-order chi connectivity index (χ0) is 13.0. The molecule has 1 heterocycles. The first kappa shape index (κ1) is 13.4. The lowest BCUT2D eigenvalue weighted by Gasteiger charge is -2.10. The van der Waals surface area contributed by atoms with Gasteiger partial charge < -0.3 is 16.2 Å². The van der Waals surface area contributed by atoms with Gasteiger partial charge in [-0.2, -0.15) is 0 Å². The van der Waals surface area contributed by atoms with Crippen LogP contribution in [0.3, 0.4) is 0 Å². The van der Waals surface area contributed by atoms with Crippen LogP contribution in [0.1, 0.15) is 28.7 Å². The SMILES string of the molecule is CCC(CNC(=O)c1sc(N)nc1C)C(=O)O. The fraction of sp³-hybridized carbons (Fsp3) is 0.500. The van der Waals surface area contributed by atoms with Crippen LogP contribution >= 0.6 is 11.3 Å². The Morgan fingerprint density at radius 1 is 1.59 bits per heavy atom. The number of aromatic nitrogens is 1. The Hall–Kier alpha value is -1.63. The third-order valence-electron chi connectivity index (χ3n) is 2.37. The van der Waals surface area contributed by atoms with E-state index in [0.29, 0.717) is 22.1 Å². The molecule has 7 heteroatoms. The number of thiazole rings is 1. The molecule has 1 aromatic heterocycles. The monoisotopic (exact) mass is 257 g/mol. The number of carboxylic acids is 1. The largest absolute Gasteiger partial charge is 0.481 e. The summed E-state index contributed by atoms with van der Waals surface area (Å²) < 4.78 is 0. The van der Waals surface area contributed by atoms with Crippen molar-refractivity contribution in [2.24, 2.45) is 5.92 Å². The number of anilines is 1. The molecule has 6 nitrogen and oxygen atoms in total. The van der Waals surface area contributed by atoms with E-state index in [4.69, 9.17) is 10.8 Å². The van der Waals surface area contributed by atoms with E-state index >= 15 is 0 Å². The number of carboxylic acid groups (broad SMARTS) is 1. The highest BCUT2D eigenvalue weighted by molar-refractivity contribution is 7.17. The minimum absolute atomic E-state index is 0.113. The highest BCUT2D eigenvalue weighted by Gasteiger charge is 2.18. The summed E-state index contributed by atoms with van der Waals surface area (Å²) in [5.41, 5.74) is 6.04. The number of amides is 1. The van der Waals surface area contributed by atoms with Gasteiger partial charge in [0.1, 0.15) is 4.88 Å². The van der Waals surface area contributed by atoms with E-state index in [9.17, 15) is 9.59 Å². The van der Waals surface area contributed by atoms with Crippen LogP contribution in [0.15, 0.2) is 0 Å². The van der Waals surface area contributed by atoms with E-state index in [1.807, 2.05) is 0 Å². The maximum absolute atomic E-state index is 11.7. The average Bonchev–Trinajstić information content (AvgIpc) is 2.58. The second-order valence-electron chi connectivity index (χ2n) is 3.62. The van der Waals surface area contributed by atoms with Crippen molar-refractivity contribution in [3.63, 3.8) is 0 Å². The summed E-state index contributed by atoms with van der Waals surface area (Å²) in [5.74, 6) is -1.80. The number of rotatable bonds is 5. The summed E-state index contributed by atoms with van der Waals surface area (Å²) in [6, 6.07) is 0. The summed E-state index contributed by atoms with van der Waals surface area (Å²) in [5, 5.41) is 11.7. The van der Waals surface area contributed by atoms with Gasteiger partial charge in [-0.15, -0.1) is 0 Å². The molecule has 0 fully saturated rings. The standard InChI is InChI=1S/C10H15N3O3S/c1-3-6(9(15)16)4-12-8(14)7-5(2)13-10(11)17-7/h6H,3-4H2,1-2H3,(H2,11,13)(H,12,14)(H,15,16). The lowest BCUT2D eigenvalue weighted by molar-refractivity contribution is -0.141. The van der Waals surface area contributed by atoms with E-state index in [2.05, 4.69) is 10.3 Å². The molecule has 0 spiro atoms. The smallest absolute Gasteiger partial charge is 0.308 e. The number of nitrogen functional groups attached to an aromatic ring is 1. The van der Waals surface area contributed by atoms with E-state index in [-0.39, 0.29) is 12.5 Å². The molecule has 17 heavy (non-hydrogen) atoms. The third kappa shape index (κ3) is 3.42. The summed E-state index contributed by atoms with van der Waals surface area (Å²) in [6.07, 6.45) is 0.472. The van der Waals surface area contributed by atoms with Crippen molar-refractivity contribution in [3.8, 4) is 0 Å². The van der Waals surface area contributed by atoms with Crippen LogP contribution < -0.4 is 11.1 Å². The number of nitrogens with one attached hydrogen (secondary N) is 1. The molecule has 1 aromatic rings. The van der Waals surface area contributed by atoms with Crippen molar-refractivity contribution >= 4 is 28.3 Å². The Morgan fingerprint density at radius 3 is 2.65 bits per heavy atom. The zero-order valence-electron chi connectivity index (χ0n) is 9.69. The highest BCUT2D eigenvalue weighted by atomic mass is 32.1. The molecule has 0 aliphatic carbocycles. The van der Waals surface area contributed by atoms with E-state index < -0.39 is 11.9 Å². The van der Waals surface area contributed by atoms with Crippen molar-refractivity contribution < 1.29 is 14.7 Å². The molecule has 0 saturated carbocycles. The van der Waals surface area contributed by atoms with Gasteiger partial charge in [0, 0.05) is 6.54 Å². The van der Waals surface area contributed by atoms with Crippen LogP contribution in [0.25, 0.3) is 0 Å². The maximum atomic E-state index is 11.7. The Morgan fingerprint density at radius 2 is 2.24 bits per heavy atom. The minimum atomic E-state index is -0.909. The fourth-order valence-corrected chi connectivity index (χ4v) is 2.08. The number of aryl methyl sites for hydroxylation is 1. The van der Waals surface area contributed by atoms with Gasteiger partial charge in [-0.3, -0.25) is 9.59 Å². The van der Waals surface area contributed by atoms with Crippen molar-refractivity contribution in [2.45, 2.75) is 20.3 Å². The molecule has 0 aliphatic heterocycles. The number of hydrogen-bond acceptors (Lipinski definition) is 5. The lowest BCUT2D eigenvalue weighted by atomic mass is 10.1. The Balaban J connectivity index is 2.61. The van der Waals surface area contributed by atoms with E-state index in [0.717, 1.165) is 11.3 Å². The van der Waals surface area contributed by atoms with Gasteiger partial charge in [-0.25, -0.2) is 4.98 Å². The Bertz CT molecular complexity index is 430. The predicted molar refractivity (Wildman–Crippen MR) is 65.0 cm³/mol. The molecule has 0 bridgehead atoms. The molecule has 1 unspecified atom stereocenters. The first-order chi connectivity index (χ1) is 7.95. The quantitative estimate of drug-likeness (QED) is 0.726. The molecule has 0 aromatic carbocycles. The van der Waals surface area contributed by atoms with Gasteiger partial charge in [-0.1, -0.05) is 18.3 Å². The van der Waals surface area contributed by atoms with Crippen LogP contribution in [0.2, 0.25) is 0 Å². The van der Waals surface area contributed by atoms with Crippen molar-refractivity contribution in [1.29, 1.82) is 0 Å². The number of carbonyl (C=O) groups is 2. The second-order valence-corrected chi connectivity index (χ2v) is 4.65. The van der Waals surface area contributed by atoms with Crippen molar-refractivity contribution in [2.75, 3.05) is 12.3 Å². The van der Waals surface area contributed by atoms with E-state index in [1.165, 1.54) is 0 Å². The highest BCUT2D eigenvalue weighted by Crippen LogP contribution is 2.19. The van der Waals surface area contributed by atoms with Crippen LogP contribution in [-0.2, 0) is 4.79 Å². The molecule has 1 rings (SSSR count). The number of aliphatic carboxylic acids is 1. The molecular formula is C10H15N3O3S. The summed E-state index contributed by atoms with van der Waals surface area (Å²) in [7, 11) is 0. The predicted octanol–water partition coefficient (Wildman–Crippen LogP) is 0.874. The molecular weight excluding hydrogens is 242 g/mol. The summed E-state index contributed by atoms with van der Waals surface area (Å²) >= 11 is 1.10. The van der Waals surface area contributed by atoms with Crippen LogP contribution in [0, 0.1) is 12.8 Å². The molecule has 0 radical (unpaired) electrons. The molecule has 1 amide bonds. The van der Waals surface area contributed by atoms with Gasteiger partial charge >= 0.3 is 5.97 Å². The molecule has 1 atom stereocenters. The maximum Gasteiger partial charge on any atom is 0.308 e. The third-order valence-corrected chi connectivity index (χ3v) is 3.36. The summed E-state index contributed by atoms with van der Waals surface area (Å²) in [4.78, 5) is 26.9. The Labute approximate surface area is 103 Å². The normalized spacial score (nSPS) is 12.1. The van der Waals surface area contributed by atoms with Gasteiger partial charge in [0.05, 0.1) is 11.6 Å². The van der Waals surface area contributed by atoms with Gasteiger partial charge in [-0.05, 0) is 13.3 Å². The van der Waals surface area contributed by atoms with Crippen LogP contribution in [-0.4, -0.2) is 28.5 Å². The molecule has 94 valence electrons. The van der Waals surface area contributed by atoms with Crippen LogP contribution in [0.5, 0.6) is 0 Å². The summed E-state index contributed by atoms with van der Waals surface area (Å²) in [6.45, 7) is 3.57. The minimum Gasteiger partial charge on any atom is -0.481 e. The molecule has 4 N–H and O–H groups in total. The topological polar surface area (TPSA) is 105 Å². The van der Waals surface area contributed by atoms with Crippen molar-refractivity contribution in [3.05, 3.63) is 10.6 Å². The second kappa shape index (κ2) is 5.62. The lowest BCUT2D eigenvalue weighted by Crippen LogP contribution is -2.32. The van der Waals surface area contributed by atoms with Gasteiger partial charge in [0.15, 0.2) is 5.13 Å². The van der Waals surface area contributed by atoms with Crippen molar-refractivity contribution in [1.82, 2.24) is 10.3 Å². The number of nitrogens with two attached hydrogens (primary N) is 1. The van der Waals surface area contributed by atoms with Gasteiger partial charge in [0.2, 0.25) is 0 Å². The average molecular weight is 257 g/mol. The fourth-order valence-electron chi connectivity index (χ4n) is 1.33. The zero-order valence-corrected chi connectivity index (χ0v) is 10.5. The first-order valence-corrected chi connectivity index (χ1v) is 6.01. The van der Waals surface area contributed by atoms with Crippen LogP contribution in [0.4, 0.5) is 5.13 Å². The number of carbonyl (C=O) groups excluding carboxylic acids is 1. The molecule has 0 saturated heterocycles. The van der Waals surface area contributed by atoms with Gasteiger partial charge in [0.25, 0.3) is 5.91 Å².